The van der Waals surface area contributed by atoms with Gasteiger partial charge < -0.3 is 9.47 Å². The monoisotopic (exact) mass is 489 g/mol. The summed E-state index contributed by atoms with van der Waals surface area (Å²) in [5.41, 5.74) is 2.84. The van der Waals surface area contributed by atoms with E-state index in [1.807, 2.05) is 43.3 Å². The molecule has 0 unspecified atom stereocenters. The Morgan fingerprint density at radius 2 is 1.90 bits per heavy atom. The van der Waals surface area contributed by atoms with Gasteiger partial charge in [-0.25, -0.2) is 0 Å². The lowest BCUT2D eigenvalue weighted by Gasteiger charge is -2.12. The van der Waals surface area contributed by atoms with E-state index in [-0.39, 0.29) is 11.5 Å². The van der Waals surface area contributed by atoms with Crippen molar-refractivity contribution in [2.45, 2.75) is 20.5 Å². The normalized spacial score (nSPS) is 15.0. The van der Waals surface area contributed by atoms with Crippen molar-refractivity contribution in [3.05, 3.63) is 68.5 Å². The second-order valence-corrected chi connectivity index (χ2v) is 8.44. The van der Waals surface area contributed by atoms with E-state index in [9.17, 15) is 14.4 Å². The molecular formula is C22H20BrNO5S. The first-order valence-electron chi connectivity index (χ1n) is 9.26. The van der Waals surface area contributed by atoms with Crippen molar-refractivity contribution < 1.29 is 23.9 Å². The van der Waals surface area contributed by atoms with Gasteiger partial charge in [-0.2, -0.15) is 0 Å². The molecule has 0 aromatic heterocycles. The minimum Gasteiger partial charge on any atom is -0.488 e. The molecule has 156 valence electrons. The van der Waals surface area contributed by atoms with Crippen molar-refractivity contribution in [1.29, 1.82) is 0 Å². The lowest BCUT2D eigenvalue weighted by Crippen LogP contribution is -2.34. The maximum atomic E-state index is 12.6. The van der Waals surface area contributed by atoms with Crippen molar-refractivity contribution in [3.8, 4) is 5.75 Å². The number of carbonyl (C=O) groups is 3. The summed E-state index contributed by atoms with van der Waals surface area (Å²) in [6, 6.07) is 13.5. The molecule has 1 aliphatic rings. The SMILES string of the molecule is CCOC(=O)CN1C(=O)S/C(=C/c2cc(Br)ccc2OCc2ccc(C)cc2)C1=O. The summed E-state index contributed by atoms with van der Waals surface area (Å²) >= 11 is 4.21. The third kappa shape index (κ3) is 5.52. The van der Waals surface area contributed by atoms with Crippen LogP contribution < -0.4 is 4.74 Å². The van der Waals surface area contributed by atoms with Gasteiger partial charge in [0.05, 0.1) is 11.5 Å². The number of thioether (sulfide) groups is 1. The molecule has 0 aliphatic carbocycles. The highest BCUT2D eigenvalue weighted by Crippen LogP contribution is 2.35. The smallest absolute Gasteiger partial charge is 0.326 e. The van der Waals surface area contributed by atoms with E-state index < -0.39 is 23.7 Å². The molecular weight excluding hydrogens is 470 g/mol. The van der Waals surface area contributed by atoms with Crippen LogP contribution >= 0.6 is 27.7 Å². The van der Waals surface area contributed by atoms with Gasteiger partial charge in [0.15, 0.2) is 0 Å². The van der Waals surface area contributed by atoms with Gasteiger partial charge in [-0.3, -0.25) is 19.3 Å². The molecule has 1 heterocycles. The highest BCUT2D eigenvalue weighted by Gasteiger charge is 2.36. The fourth-order valence-corrected chi connectivity index (χ4v) is 3.93. The van der Waals surface area contributed by atoms with Crippen molar-refractivity contribution in [2.75, 3.05) is 13.2 Å². The van der Waals surface area contributed by atoms with Gasteiger partial charge in [0.2, 0.25) is 0 Å². The van der Waals surface area contributed by atoms with Crippen LogP contribution in [0, 0.1) is 6.92 Å². The van der Waals surface area contributed by atoms with Crippen LogP contribution in [-0.2, 0) is 20.9 Å². The molecule has 0 radical (unpaired) electrons. The van der Waals surface area contributed by atoms with Gasteiger partial charge in [0.1, 0.15) is 18.9 Å². The Morgan fingerprint density at radius 1 is 1.17 bits per heavy atom. The van der Waals surface area contributed by atoms with Crippen molar-refractivity contribution in [3.63, 3.8) is 0 Å². The summed E-state index contributed by atoms with van der Waals surface area (Å²) in [5.74, 6) is -0.566. The molecule has 2 amide bonds. The number of amides is 2. The average molecular weight is 490 g/mol. The van der Waals surface area contributed by atoms with Gasteiger partial charge in [0, 0.05) is 10.0 Å². The Bertz CT molecular complexity index is 1000. The molecule has 0 N–H and O–H groups in total. The average Bonchev–Trinajstić information content (AvgIpc) is 2.96. The third-order valence-corrected chi connectivity index (χ3v) is 5.64. The van der Waals surface area contributed by atoms with E-state index >= 15 is 0 Å². The number of carbonyl (C=O) groups excluding carboxylic acids is 3. The first-order chi connectivity index (χ1) is 14.4. The van der Waals surface area contributed by atoms with Crippen LogP contribution in [0.25, 0.3) is 6.08 Å². The van der Waals surface area contributed by atoms with E-state index in [1.54, 1.807) is 19.1 Å². The fourth-order valence-electron chi connectivity index (χ4n) is 2.72. The summed E-state index contributed by atoms with van der Waals surface area (Å²) < 4.78 is 11.6. The highest BCUT2D eigenvalue weighted by atomic mass is 79.9. The molecule has 2 aromatic rings. The van der Waals surface area contributed by atoms with E-state index in [0.717, 1.165) is 26.7 Å². The summed E-state index contributed by atoms with van der Waals surface area (Å²) in [7, 11) is 0. The van der Waals surface area contributed by atoms with Gasteiger partial charge in [-0.15, -0.1) is 0 Å². The van der Waals surface area contributed by atoms with Crippen LogP contribution in [0.5, 0.6) is 5.75 Å². The second kappa shape index (κ2) is 9.95. The zero-order valence-corrected chi connectivity index (χ0v) is 18.9. The maximum absolute atomic E-state index is 12.6. The Morgan fingerprint density at radius 3 is 2.60 bits per heavy atom. The number of benzene rings is 2. The molecule has 2 aromatic carbocycles. The number of rotatable bonds is 7. The minimum absolute atomic E-state index is 0.185. The van der Waals surface area contributed by atoms with E-state index in [0.29, 0.717) is 17.9 Å². The lowest BCUT2D eigenvalue weighted by atomic mass is 10.1. The van der Waals surface area contributed by atoms with Crippen molar-refractivity contribution in [2.24, 2.45) is 0 Å². The molecule has 0 spiro atoms. The van der Waals surface area contributed by atoms with Crippen LogP contribution in [-0.4, -0.2) is 35.2 Å². The Hall–Kier alpha value is -2.58. The summed E-state index contributed by atoms with van der Waals surface area (Å²) in [6.45, 7) is 3.84. The number of aryl methyl sites for hydroxylation is 1. The van der Waals surface area contributed by atoms with Gasteiger partial charge in [-0.05, 0) is 55.4 Å². The second-order valence-electron chi connectivity index (χ2n) is 6.53. The highest BCUT2D eigenvalue weighted by molar-refractivity contribution is 9.10. The van der Waals surface area contributed by atoms with Crippen LogP contribution in [0.3, 0.4) is 0 Å². The number of hydrogen-bond donors (Lipinski definition) is 0. The number of esters is 1. The molecule has 0 saturated carbocycles. The van der Waals surface area contributed by atoms with Crippen molar-refractivity contribution in [1.82, 2.24) is 4.90 Å². The number of nitrogens with zero attached hydrogens (tertiary/aromatic N) is 1. The number of halogens is 1. The van der Waals surface area contributed by atoms with Crippen LogP contribution in [0.1, 0.15) is 23.6 Å². The quantitative estimate of drug-likeness (QED) is 0.405. The van der Waals surface area contributed by atoms with E-state index in [4.69, 9.17) is 9.47 Å². The number of ether oxygens (including phenoxy) is 2. The summed E-state index contributed by atoms with van der Waals surface area (Å²) in [4.78, 5) is 37.6. The predicted octanol–water partition coefficient (Wildman–Crippen LogP) is 4.94. The van der Waals surface area contributed by atoms with Gasteiger partial charge in [0.25, 0.3) is 11.1 Å². The summed E-state index contributed by atoms with van der Waals surface area (Å²) in [6.07, 6.45) is 1.60. The van der Waals surface area contributed by atoms with Crippen LogP contribution in [0.4, 0.5) is 4.79 Å². The molecule has 1 fully saturated rings. The molecule has 6 nitrogen and oxygen atoms in total. The van der Waals surface area contributed by atoms with Gasteiger partial charge >= 0.3 is 5.97 Å². The maximum Gasteiger partial charge on any atom is 0.326 e. The van der Waals surface area contributed by atoms with Crippen LogP contribution in [0.2, 0.25) is 0 Å². The Balaban J connectivity index is 1.79. The Labute approximate surface area is 187 Å². The fraction of sp³-hybridized carbons (Fsp3) is 0.227. The third-order valence-electron chi connectivity index (χ3n) is 4.24. The predicted molar refractivity (Wildman–Crippen MR) is 119 cm³/mol. The van der Waals surface area contributed by atoms with Gasteiger partial charge in [-0.1, -0.05) is 45.8 Å². The zero-order chi connectivity index (χ0) is 21.7. The molecule has 1 saturated heterocycles. The molecule has 3 rings (SSSR count). The standard InChI is InChI=1S/C22H20BrNO5S/c1-3-28-20(25)12-24-21(26)19(30-22(24)27)11-16-10-17(23)8-9-18(16)29-13-15-6-4-14(2)5-7-15/h4-11H,3,12-13H2,1-2H3/b19-11+. The van der Waals surface area contributed by atoms with Crippen molar-refractivity contribution >= 4 is 50.9 Å². The first-order valence-corrected chi connectivity index (χ1v) is 10.9. The molecule has 1 aliphatic heterocycles. The molecule has 30 heavy (non-hydrogen) atoms. The lowest BCUT2D eigenvalue weighted by molar-refractivity contribution is -0.145. The van der Waals surface area contributed by atoms with Crippen LogP contribution in [0.15, 0.2) is 51.8 Å². The molecule has 0 atom stereocenters. The first kappa shape index (κ1) is 22.1. The molecule has 8 heteroatoms. The zero-order valence-electron chi connectivity index (χ0n) is 16.5. The van der Waals surface area contributed by atoms with E-state index in [1.165, 1.54) is 5.56 Å². The molecule has 0 bridgehead atoms. The summed E-state index contributed by atoms with van der Waals surface area (Å²) in [5, 5.41) is -0.503. The number of hydrogen-bond acceptors (Lipinski definition) is 6. The number of imide groups is 1. The van der Waals surface area contributed by atoms with E-state index in [2.05, 4.69) is 15.9 Å². The Kier molecular flexibility index (Phi) is 7.33. The minimum atomic E-state index is -0.620. The topological polar surface area (TPSA) is 72.9 Å². The largest absolute Gasteiger partial charge is 0.488 e.